The van der Waals surface area contributed by atoms with Crippen LogP contribution < -0.4 is 16.0 Å². The number of amides is 1. The lowest BCUT2D eigenvalue weighted by Crippen LogP contribution is -2.47. The molecule has 0 spiro atoms. The second-order valence-corrected chi connectivity index (χ2v) is 6.67. The first-order valence-electron chi connectivity index (χ1n) is 9.27. The van der Waals surface area contributed by atoms with Crippen molar-refractivity contribution in [3.63, 3.8) is 0 Å². The van der Waals surface area contributed by atoms with Gasteiger partial charge in [0.15, 0.2) is 11.8 Å². The number of hydrogen-bond acceptors (Lipinski definition) is 5. The van der Waals surface area contributed by atoms with E-state index >= 15 is 0 Å². The smallest absolute Gasteiger partial charge is 0.222 e. The number of nitrogens with one attached hydrogen (secondary N) is 3. The first kappa shape index (κ1) is 23.6. The standard InChI is InChI=1S/C17H31N7O2.HI/c1-5-18-17(19-9-8-16(25)20-12(2)3)21-13-6-7-15-22-14(11-26-4)23-24(15)10-13;/h12-13H,5-11H2,1-4H3,(H,20,25)(H2,18,19,21);1H. The lowest BCUT2D eigenvalue weighted by Gasteiger charge is -2.25. The number of guanidine groups is 1. The first-order chi connectivity index (χ1) is 12.5. The van der Waals surface area contributed by atoms with Gasteiger partial charge in [-0.1, -0.05) is 0 Å². The molecule has 0 aliphatic carbocycles. The zero-order valence-electron chi connectivity index (χ0n) is 16.6. The summed E-state index contributed by atoms with van der Waals surface area (Å²) >= 11 is 0. The molecule has 10 heteroatoms. The maximum absolute atomic E-state index is 11.7. The average molecular weight is 493 g/mol. The van der Waals surface area contributed by atoms with Crippen LogP contribution in [0.1, 0.15) is 45.3 Å². The molecule has 27 heavy (non-hydrogen) atoms. The molecule has 9 nitrogen and oxygen atoms in total. The van der Waals surface area contributed by atoms with E-state index in [-0.39, 0.29) is 42.0 Å². The summed E-state index contributed by atoms with van der Waals surface area (Å²) in [5.74, 6) is 2.48. The molecule has 1 atom stereocenters. The van der Waals surface area contributed by atoms with Crippen molar-refractivity contribution in [1.82, 2.24) is 30.7 Å². The van der Waals surface area contributed by atoms with Gasteiger partial charge in [-0.3, -0.25) is 9.79 Å². The lowest BCUT2D eigenvalue weighted by molar-refractivity contribution is -0.121. The monoisotopic (exact) mass is 493 g/mol. The summed E-state index contributed by atoms with van der Waals surface area (Å²) in [7, 11) is 1.64. The van der Waals surface area contributed by atoms with E-state index in [1.165, 1.54) is 0 Å². The molecular weight excluding hydrogens is 461 g/mol. The normalized spacial score (nSPS) is 16.5. The first-order valence-corrected chi connectivity index (χ1v) is 9.27. The van der Waals surface area contributed by atoms with Crippen LogP contribution in [0.4, 0.5) is 0 Å². The van der Waals surface area contributed by atoms with Gasteiger partial charge in [-0.15, -0.1) is 24.0 Å². The highest BCUT2D eigenvalue weighted by molar-refractivity contribution is 14.0. The SMILES string of the molecule is CCNC(=NCCC(=O)NC(C)C)NC1CCc2nc(COC)nn2C1.I. The molecule has 2 rings (SSSR count). The molecule has 0 saturated carbocycles. The number of carbonyl (C=O) groups is 1. The van der Waals surface area contributed by atoms with Crippen LogP contribution in [0.3, 0.4) is 0 Å². The van der Waals surface area contributed by atoms with Crippen LogP contribution in [0.25, 0.3) is 0 Å². The Morgan fingerprint density at radius 1 is 1.44 bits per heavy atom. The summed E-state index contributed by atoms with van der Waals surface area (Å²) < 4.78 is 7.04. The van der Waals surface area contributed by atoms with Gasteiger partial charge in [0.2, 0.25) is 5.91 Å². The number of ether oxygens (including phenoxy) is 1. The minimum absolute atomic E-state index is 0. The molecule has 1 aromatic rings. The van der Waals surface area contributed by atoms with Gasteiger partial charge in [-0.2, -0.15) is 5.10 Å². The highest BCUT2D eigenvalue weighted by atomic mass is 127. The van der Waals surface area contributed by atoms with Gasteiger partial charge < -0.3 is 20.7 Å². The Bertz CT molecular complexity index is 618. The number of hydrogen-bond donors (Lipinski definition) is 3. The van der Waals surface area contributed by atoms with Gasteiger partial charge in [0.1, 0.15) is 12.4 Å². The van der Waals surface area contributed by atoms with Crippen molar-refractivity contribution in [2.75, 3.05) is 20.2 Å². The van der Waals surface area contributed by atoms with Gasteiger partial charge in [-0.05, 0) is 27.2 Å². The maximum atomic E-state index is 11.7. The van der Waals surface area contributed by atoms with E-state index in [2.05, 4.69) is 31.0 Å². The number of aromatic nitrogens is 3. The van der Waals surface area contributed by atoms with Gasteiger partial charge in [0, 0.05) is 38.6 Å². The third kappa shape index (κ3) is 7.99. The Morgan fingerprint density at radius 3 is 2.89 bits per heavy atom. The molecule has 1 aliphatic rings. The molecule has 0 bridgehead atoms. The number of methoxy groups -OCH3 is 1. The Balaban J connectivity index is 0.00000364. The van der Waals surface area contributed by atoms with Gasteiger partial charge in [-0.25, -0.2) is 9.67 Å². The fourth-order valence-electron chi connectivity index (χ4n) is 2.85. The van der Waals surface area contributed by atoms with E-state index in [1.54, 1.807) is 7.11 Å². The summed E-state index contributed by atoms with van der Waals surface area (Å²) in [6.45, 7) is 8.32. The molecule has 0 radical (unpaired) electrons. The van der Waals surface area contributed by atoms with Crippen LogP contribution in [-0.2, 0) is 29.1 Å². The zero-order chi connectivity index (χ0) is 18.9. The molecule has 0 fully saturated rings. The highest BCUT2D eigenvalue weighted by Gasteiger charge is 2.22. The number of aryl methyl sites for hydroxylation is 1. The van der Waals surface area contributed by atoms with Crippen molar-refractivity contribution < 1.29 is 9.53 Å². The minimum Gasteiger partial charge on any atom is -0.377 e. The molecule has 0 saturated heterocycles. The summed E-state index contributed by atoms with van der Waals surface area (Å²) in [5, 5.41) is 14.0. The fourth-order valence-corrected chi connectivity index (χ4v) is 2.85. The van der Waals surface area contributed by atoms with Crippen molar-refractivity contribution in [2.24, 2.45) is 4.99 Å². The van der Waals surface area contributed by atoms with Crippen molar-refractivity contribution in [3.8, 4) is 0 Å². The Kier molecular flexibility index (Phi) is 10.6. The van der Waals surface area contributed by atoms with Crippen molar-refractivity contribution in [2.45, 2.75) is 65.3 Å². The molecule has 154 valence electrons. The largest absolute Gasteiger partial charge is 0.377 e. The molecule has 1 unspecified atom stereocenters. The number of fused-ring (bicyclic) bond motifs is 1. The van der Waals surface area contributed by atoms with Crippen LogP contribution in [0, 0.1) is 0 Å². The number of aliphatic imine (C=N–C) groups is 1. The van der Waals surface area contributed by atoms with E-state index in [0.29, 0.717) is 19.6 Å². The summed E-state index contributed by atoms with van der Waals surface area (Å²) in [6, 6.07) is 0.377. The Morgan fingerprint density at radius 2 is 2.22 bits per heavy atom. The quantitative estimate of drug-likeness (QED) is 0.282. The molecule has 0 aromatic carbocycles. The van der Waals surface area contributed by atoms with E-state index < -0.39 is 0 Å². The van der Waals surface area contributed by atoms with E-state index in [1.807, 2.05) is 25.5 Å². The van der Waals surface area contributed by atoms with Gasteiger partial charge >= 0.3 is 0 Å². The maximum Gasteiger partial charge on any atom is 0.222 e. The third-order valence-electron chi connectivity index (χ3n) is 3.92. The van der Waals surface area contributed by atoms with E-state index in [9.17, 15) is 4.79 Å². The Hall–Kier alpha value is -1.43. The van der Waals surface area contributed by atoms with Crippen LogP contribution in [-0.4, -0.2) is 58.9 Å². The molecule has 1 aliphatic heterocycles. The second kappa shape index (κ2) is 12.1. The molecule has 3 N–H and O–H groups in total. The molecule has 1 aromatic heterocycles. The highest BCUT2D eigenvalue weighted by Crippen LogP contribution is 2.13. The number of halogens is 1. The van der Waals surface area contributed by atoms with Crippen LogP contribution >= 0.6 is 24.0 Å². The Labute approximate surface area is 178 Å². The van der Waals surface area contributed by atoms with Crippen molar-refractivity contribution in [1.29, 1.82) is 0 Å². The predicted octanol–water partition coefficient (Wildman–Crippen LogP) is 0.827. The zero-order valence-corrected chi connectivity index (χ0v) is 18.9. The predicted molar refractivity (Wildman–Crippen MR) is 115 cm³/mol. The topological polar surface area (TPSA) is 105 Å². The van der Waals surface area contributed by atoms with Crippen LogP contribution in [0.2, 0.25) is 0 Å². The van der Waals surface area contributed by atoms with Crippen LogP contribution in [0.15, 0.2) is 4.99 Å². The van der Waals surface area contributed by atoms with Crippen molar-refractivity contribution in [3.05, 3.63) is 11.6 Å². The molecule has 2 heterocycles. The van der Waals surface area contributed by atoms with Gasteiger partial charge in [0.25, 0.3) is 0 Å². The lowest BCUT2D eigenvalue weighted by atomic mass is 10.1. The number of carbonyl (C=O) groups excluding carboxylic acids is 1. The second-order valence-electron chi connectivity index (χ2n) is 6.67. The van der Waals surface area contributed by atoms with Crippen LogP contribution in [0.5, 0.6) is 0 Å². The van der Waals surface area contributed by atoms with Crippen molar-refractivity contribution >= 4 is 35.8 Å². The average Bonchev–Trinajstić information content (AvgIpc) is 2.96. The molecular formula is C17H32IN7O2. The fraction of sp³-hybridized carbons (Fsp3) is 0.765. The van der Waals surface area contributed by atoms with E-state index in [4.69, 9.17) is 4.74 Å². The van der Waals surface area contributed by atoms with E-state index in [0.717, 1.165) is 43.5 Å². The summed E-state index contributed by atoms with van der Waals surface area (Å²) in [4.78, 5) is 20.7. The number of nitrogens with zero attached hydrogens (tertiary/aromatic N) is 4. The summed E-state index contributed by atoms with van der Waals surface area (Å²) in [5.41, 5.74) is 0. The van der Waals surface area contributed by atoms with Gasteiger partial charge in [0.05, 0.1) is 13.1 Å². The third-order valence-corrected chi connectivity index (χ3v) is 3.92. The minimum atomic E-state index is 0. The summed E-state index contributed by atoms with van der Waals surface area (Å²) in [6.07, 6.45) is 2.21. The number of rotatable bonds is 8. The molecule has 1 amide bonds.